The van der Waals surface area contributed by atoms with Gasteiger partial charge in [0.05, 0.1) is 6.54 Å². The molecule has 0 aliphatic heterocycles. The van der Waals surface area contributed by atoms with Crippen LogP contribution >= 0.6 is 0 Å². The van der Waals surface area contributed by atoms with Gasteiger partial charge in [-0.1, -0.05) is 6.42 Å². The van der Waals surface area contributed by atoms with Crippen LogP contribution in [0.2, 0.25) is 0 Å². The average Bonchev–Trinajstić information content (AvgIpc) is 3.04. The van der Waals surface area contributed by atoms with Crippen LogP contribution < -0.4 is 0 Å². The van der Waals surface area contributed by atoms with Gasteiger partial charge >= 0.3 is 0 Å². The summed E-state index contributed by atoms with van der Waals surface area (Å²) in [5.41, 5.74) is 0. The fraction of sp³-hybridized carbons (Fsp3) is 0.769. The van der Waals surface area contributed by atoms with Gasteiger partial charge in [0.25, 0.3) is 0 Å². The molecule has 3 atom stereocenters. The summed E-state index contributed by atoms with van der Waals surface area (Å²) in [5.74, 6) is 3.48. The Labute approximate surface area is 107 Å². The lowest BCUT2D eigenvalue weighted by molar-refractivity contribution is -0.136. The molecule has 0 radical (unpaired) electrons. The molecule has 0 aromatic carbocycles. The molecule has 2 bridgehead atoms. The number of rotatable bonds is 3. The van der Waals surface area contributed by atoms with E-state index in [1.165, 1.54) is 19.3 Å². The summed E-state index contributed by atoms with van der Waals surface area (Å²) in [6.45, 7) is 2.38. The summed E-state index contributed by atoms with van der Waals surface area (Å²) in [5, 5.41) is 6.89. The number of nitrogens with one attached hydrogen (secondary N) is 1. The molecule has 2 fully saturated rings. The predicted octanol–water partition coefficient (Wildman–Crippen LogP) is 1.51. The fourth-order valence-electron chi connectivity index (χ4n) is 3.58. The van der Waals surface area contributed by atoms with Crippen LogP contribution in [0.4, 0.5) is 0 Å². The van der Waals surface area contributed by atoms with E-state index in [0.717, 1.165) is 18.2 Å². The third-order valence-corrected chi connectivity index (χ3v) is 4.45. The molecular formula is C13H20N4O. The van der Waals surface area contributed by atoms with Crippen LogP contribution in [0.3, 0.4) is 0 Å². The number of fused-ring (bicyclic) bond motifs is 2. The molecule has 2 aliphatic carbocycles. The van der Waals surface area contributed by atoms with Crippen LogP contribution in [0.25, 0.3) is 0 Å². The molecule has 98 valence electrons. The standard InChI is InChI=1S/C13H20N4O/c1-8-14-12(16-15-8)7-17(2)13(18)11-6-9-3-4-10(11)5-9/h9-11H,3-7H2,1-2H3,(H,14,15,16). The van der Waals surface area contributed by atoms with E-state index in [4.69, 9.17) is 0 Å². The topological polar surface area (TPSA) is 61.9 Å². The third-order valence-electron chi connectivity index (χ3n) is 4.45. The lowest BCUT2D eigenvalue weighted by Gasteiger charge is -2.25. The number of aromatic nitrogens is 3. The highest BCUT2D eigenvalue weighted by atomic mass is 16.2. The van der Waals surface area contributed by atoms with Crippen molar-refractivity contribution >= 4 is 5.91 Å². The molecule has 1 amide bonds. The molecule has 0 spiro atoms. The molecule has 1 aromatic heterocycles. The highest BCUT2D eigenvalue weighted by molar-refractivity contribution is 5.79. The van der Waals surface area contributed by atoms with Gasteiger partial charge in [-0.05, 0) is 38.0 Å². The minimum atomic E-state index is 0.258. The molecule has 0 saturated heterocycles. The maximum absolute atomic E-state index is 12.4. The molecule has 5 nitrogen and oxygen atoms in total. The summed E-state index contributed by atoms with van der Waals surface area (Å²) in [6.07, 6.45) is 4.94. The maximum atomic E-state index is 12.4. The summed E-state index contributed by atoms with van der Waals surface area (Å²) >= 11 is 0. The minimum absolute atomic E-state index is 0.258. The van der Waals surface area contributed by atoms with Crippen LogP contribution in [-0.2, 0) is 11.3 Å². The van der Waals surface area contributed by atoms with Gasteiger partial charge in [-0.15, -0.1) is 0 Å². The number of amides is 1. The SMILES string of the molecule is Cc1nc(CN(C)C(=O)C2CC3CCC2C3)n[nH]1. The summed E-state index contributed by atoms with van der Waals surface area (Å²) in [4.78, 5) is 18.4. The molecule has 2 saturated carbocycles. The second kappa shape index (κ2) is 4.37. The van der Waals surface area contributed by atoms with Crippen molar-refractivity contribution in [3.63, 3.8) is 0 Å². The van der Waals surface area contributed by atoms with Crippen molar-refractivity contribution in [2.45, 2.75) is 39.2 Å². The van der Waals surface area contributed by atoms with Gasteiger partial charge in [0.15, 0.2) is 5.82 Å². The van der Waals surface area contributed by atoms with Gasteiger partial charge in [-0.25, -0.2) is 4.98 Å². The molecule has 18 heavy (non-hydrogen) atoms. The molecule has 3 rings (SSSR count). The lowest BCUT2D eigenvalue weighted by atomic mass is 9.88. The van der Waals surface area contributed by atoms with Gasteiger partial charge in [-0.3, -0.25) is 9.89 Å². The van der Waals surface area contributed by atoms with Crippen LogP contribution in [0.1, 0.15) is 37.3 Å². The van der Waals surface area contributed by atoms with Crippen molar-refractivity contribution in [2.24, 2.45) is 17.8 Å². The Kier molecular flexibility index (Phi) is 2.84. The Morgan fingerprint density at radius 3 is 2.83 bits per heavy atom. The number of carbonyl (C=O) groups excluding carboxylic acids is 1. The molecular weight excluding hydrogens is 228 g/mol. The number of aromatic amines is 1. The van der Waals surface area contributed by atoms with Crippen molar-refractivity contribution in [2.75, 3.05) is 7.05 Å². The van der Waals surface area contributed by atoms with Crippen LogP contribution in [0, 0.1) is 24.7 Å². The first-order valence-corrected chi connectivity index (χ1v) is 6.76. The van der Waals surface area contributed by atoms with Crippen LogP contribution in [-0.4, -0.2) is 33.0 Å². The smallest absolute Gasteiger partial charge is 0.226 e. The number of carbonyl (C=O) groups is 1. The molecule has 1 N–H and O–H groups in total. The molecule has 2 aliphatic rings. The largest absolute Gasteiger partial charge is 0.338 e. The van der Waals surface area contributed by atoms with Crippen molar-refractivity contribution in [1.82, 2.24) is 20.1 Å². The van der Waals surface area contributed by atoms with E-state index in [2.05, 4.69) is 15.2 Å². The highest BCUT2D eigenvalue weighted by Crippen LogP contribution is 2.48. The number of nitrogens with zero attached hydrogens (tertiary/aromatic N) is 3. The lowest BCUT2D eigenvalue weighted by Crippen LogP contribution is -2.35. The van der Waals surface area contributed by atoms with Crippen LogP contribution in [0.15, 0.2) is 0 Å². The maximum Gasteiger partial charge on any atom is 0.226 e. The first-order chi connectivity index (χ1) is 8.63. The minimum Gasteiger partial charge on any atom is -0.338 e. The van der Waals surface area contributed by atoms with Gasteiger partial charge in [0.1, 0.15) is 5.82 Å². The van der Waals surface area contributed by atoms with Gasteiger partial charge in [-0.2, -0.15) is 5.10 Å². The Hall–Kier alpha value is -1.39. The van der Waals surface area contributed by atoms with E-state index in [0.29, 0.717) is 18.3 Å². The van der Waals surface area contributed by atoms with E-state index < -0.39 is 0 Å². The summed E-state index contributed by atoms with van der Waals surface area (Å²) in [6, 6.07) is 0. The number of aryl methyl sites for hydroxylation is 1. The Balaban J connectivity index is 1.62. The predicted molar refractivity (Wildman–Crippen MR) is 66.5 cm³/mol. The van der Waals surface area contributed by atoms with E-state index in [9.17, 15) is 4.79 Å². The molecule has 1 aromatic rings. The molecule has 1 heterocycles. The zero-order valence-electron chi connectivity index (χ0n) is 11.0. The van der Waals surface area contributed by atoms with Crippen molar-refractivity contribution in [3.8, 4) is 0 Å². The monoisotopic (exact) mass is 248 g/mol. The average molecular weight is 248 g/mol. The third kappa shape index (κ3) is 2.02. The van der Waals surface area contributed by atoms with Gasteiger partial charge in [0.2, 0.25) is 5.91 Å². The van der Waals surface area contributed by atoms with Gasteiger partial charge in [0, 0.05) is 13.0 Å². The quantitative estimate of drug-likeness (QED) is 0.882. The number of hydrogen-bond donors (Lipinski definition) is 1. The van der Waals surface area contributed by atoms with E-state index in [-0.39, 0.29) is 11.8 Å². The zero-order chi connectivity index (χ0) is 12.7. The Bertz CT molecular complexity index is 456. The van der Waals surface area contributed by atoms with E-state index in [1.54, 1.807) is 4.90 Å². The van der Waals surface area contributed by atoms with E-state index in [1.807, 2.05) is 14.0 Å². The second-order valence-electron chi connectivity index (χ2n) is 5.81. The number of H-pyrrole nitrogens is 1. The van der Waals surface area contributed by atoms with Crippen LogP contribution in [0.5, 0.6) is 0 Å². The Morgan fingerprint density at radius 2 is 2.28 bits per heavy atom. The van der Waals surface area contributed by atoms with Crippen molar-refractivity contribution < 1.29 is 4.79 Å². The Morgan fingerprint density at radius 1 is 1.44 bits per heavy atom. The molecule has 5 heteroatoms. The second-order valence-corrected chi connectivity index (χ2v) is 5.81. The first kappa shape index (κ1) is 11.7. The normalized spacial score (nSPS) is 29.8. The van der Waals surface area contributed by atoms with Crippen molar-refractivity contribution in [3.05, 3.63) is 11.6 Å². The highest BCUT2D eigenvalue weighted by Gasteiger charge is 2.43. The van der Waals surface area contributed by atoms with E-state index >= 15 is 0 Å². The first-order valence-electron chi connectivity index (χ1n) is 6.76. The number of hydrogen-bond acceptors (Lipinski definition) is 3. The van der Waals surface area contributed by atoms with Gasteiger partial charge < -0.3 is 4.90 Å². The zero-order valence-corrected chi connectivity index (χ0v) is 11.0. The van der Waals surface area contributed by atoms with Crippen molar-refractivity contribution in [1.29, 1.82) is 0 Å². The summed E-state index contributed by atoms with van der Waals surface area (Å²) in [7, 11) is 1.86. The summed E-state index contributed by atoms with van der Waals surface area (Å²) < 4.78 is 0. The molecule has 3 unspecified atom stereocenters. The fourth-order valence-corrected chi connectivity index (χ4v) is 3.58.